The van der Waals surface area contributed by atoms with Crippen LogP contribution in [0.4, 0.5) is 13.2 Å². The van der Waals surface area contributed by atoms with E-state index >= 15 is 0 Å². The van der Waals surface area contributed by atoms with Crippen LogP contribution in [0.1, 0.15) is 48.3 Å². The van der Waals surface area contributed by atoms with Crippen LogP contribution >= 0.6 is 0 Å². The van der Waals surface area contributed by atoms with Crippen LogP contribution in [0.15, 0.2) is 28.7 Å². The summed E-state index contributed by atoms with van der Waals surface area (Å²) in [5.74, 6) is -0.312. The lowest BCUT2D eigenvalue weighted by atomic mass is 10.1. The maximum absolute atomic E-state index is 13.2. The Morgan fingerprint density at radius 2 is 2.00 bits per heavy atom. The smallest absolute Gasteiger partial charge is 0.433 e. The van der Waals surface area contributed by atoms with Gasteiger partial charge >= 0.3 is 6.18 Å². The van der Waals surface area contributed by atoms with Gasteiger partial charge in [0.05, 0.1) is 13.2 Å². The van der Waals surface area contributed by atoms with Crippen molar-refractivity contribution in [3.63, 3.8) is 0 Å². The SMILES string of the molecule is COc1ccc(-c2nc(C(=O)N[C@@H]3CCN(C(C)=O)C3)c([C@H](C)N)o2)c2ccc(C(F)(F)F)nc12. The highest BCUT2D eigenvalue weighted by Gasteiger charge is 2.34. The number of fused-ring (bicyclic) bond motifs is 1. The molecule has 4 rings (SSSR count). The van der Waals surface area contributed by atoms with E-state index in [2.05, 4.69) is 15.3 Å². The summed E-state index contributed by atoms with van der Waals surface area (Å²) in [7, 11) is 1.33. The van der Waals surface area contributed by atoms with Crippen molar-refractivity contribution in [1.82, 2.24) is 20.2 Å². The molecule has 3 aromatic rings. The van der Waals surface area contributed by atoms with E-state index in [0.717, 1.165) is 6.07 Å². The fourth-order valence-corrected chi connectivity index (χ4v) is 4.04. The Bertz CT molecular complexity index is 1290. The standard InChI is InChI=1S/C23H24F3N5O4/c1-11(27)20-19(21(33)28-13-8-9-31(10-13)12(2)32)30-22(35-20)15-4-6-16(34-3)18-14(15)5-7-17(29-18)23(24,25)26/h4-7,11,13H,8-10,27H2,1-3H3,(H,28,33)/t11-,13+/m0/s1. The summed E-state index contributed by atoms with van der Waals surface area (Å²) in [4.78, 5) is 34.3. The minimum absolute atomic E-state index is 0.00782. The Morgan fingerprint density at radius 1 is 1.26 bits per heavy atom. The molecule has 2 atom stereocenters. The van der Waals surface area contributed by atoms with Gasteiger partial charge in [0, 0.05) is 37.0 Å². The number of hydrogen-bond donors (Lipinski definition) is 2. The molecule has 1 saturated heterocycles. The Hall–Kier alpha value is -3.67. The molecule has 186 valence electrons. The van der Waals surface area contributed by atoms with Crippen LogP contribution in [0.25, 0.3) is 22.4 Å². The number of nitrogens with two attached hydrogens (primary N) is 1. The second kappa shape index (κ2) is 9.17. The second-order valence-corrected chi connectivity index (χ2v) is 8.35. The van der Waals surface area contributed by atoms with Crippen LogP contribution in [-0.4, -0.2) is 52.9 Å². The number of pyridine rings is 1. The molecule has 2 aromatic heterocycles. The summed E-state index contributed by atoms with van der Waals surface area (Å²) >= 11 is 0. The lowest BCUT2D eigenvalue weighted by Crippen LogP contribution is -2.38. The third-order valence-corrected chi connectivity index (χ3v) is 5.81. The van der Waals surface area contributed by atoms with Crippen LogP contribution in [0.3, 0.4) is 0 Å². The number of ether oxygens (including phenoxy) is 1. The molecule has 9 nitrogen and oxygen atoms in total. The maximum atomic E-state index is 13.2. The molecule has 0 bridgehead atoms. The van der Waals surface area contributed by atoms with Crippen molar-refractivity contribution in [2.24, 2.45) is 5.73 Å². The highest BCUT2D eigenvalue weighted by atomic mass is 19.4. The average Bonchev–Trinajstić information content (AvgIpc) is 3.45. The zero-order valence-electron chi connectivity index (χ0n) is 19.3. The van der Waals surface area contributed by atoms with Crippen molar-refractivity contribution in [3.8, 4) is 17.2 Å². The van der Waals surface area contributed by atoms with E-state index in [0.29, 0.717) is 30.5 Å². The summed E-state index contributed by atoms with van der Waals surface area (Å²) in [6.45, 7) is 4.01. The summed E-state index contributed by atoms with van der Waals surface area (Å²) in [6.07, 6.45) is -4.04. The monoisotopic (exact) mass is 491 g/mol. The van der Waals surface area contributed by atoms with Crippen molar-refractivity contribution < 1.29 is 31.9 Å². The molecule has 1 aliphatic heterocycles. The van der Waals surface area contributed by atoms with Crippen LogP contribution < -0.4 is 15.8 Å². The number of nitrogens with one attached hydrogen (secondary N) is 1. The normalized spacial score (nSPS) is 17.0. The predicted octanol–water partition coefficient (Wildman–Crippen LogP) is 3.29. The van der Waals surface area contributed by atoms with E-state index in [1.165, 1.54) is 26.2 Å². The number of aromatic nitrogens is 2. The highest BCUT2D eigenvalue weighted by molar-refractivity contribution is 5.98. The molecule has 0 aliphatic carbocycles. The first-order valence-electron chi connectivity index (χ1n) is 10.9. The Kier molecular flexibility index (Phi) is 6.41. The molecule has 0 saturated carbocycles. The van der Waals surface area contributed by atoms with Gasteiger partial charge in [-0.25, -0.2) is 9.97 Å². The van der Waals surface area contributed by atoms with Crippen LogP contribution in [-0.2, 0) is 11.0 Å². The third kappa shape index (κ3) is 4.78. The van der Waals surface area contributed by atoms with Crippen molar-refractivity contribution in [2.45, 2.75) is 38.5 Å². The topological polar surface area (TPSA) is 124 Å². The molecule has 0 spiro atoms. The van der Waals surface area contributed by atoms with Gasteiger partial charge in [-0.1, -0.05) is 0 Å². The minimum Gasteiger partial charge on any atom is -0.494 e. The van der Waals surface area contributed by atoms with E-state index in [-0.39, 0.29) is 40.6 Å². The lowest BCUT2D eigenvalue weighted by molar-refractivity contribution is -0.141. The predicted molar refractivity (Wildman–Crippen MR) is 120 cm³/mol. The molecular weight excluding hydrogens is 467 g/mol. The Morgan fingerprint density at radius 3 is 2.60 bits per heavy atom. The third-order valence-electron chi connectivity index (χ3n) is 5.81. The van der Waals surface area contributed by atoms with Gasteiger partial charge < -0.3 is 25.1 Å². The number of halogens is 3. The zero-order chi connectivity index (χ0) is 25.5. The second-order valence-electron chi connectivity index (χ2n) is 8.35. The van der Waals surface area contributed by atoms with Crippen LogP contribution in [0.5, 0.6) is 5.75 Å². The van der Waals surface area contributed by atoms with Gasteiger partial charge in [0.1, 0.15) is 17.0 Å². The first-order valence-corrected chi connectivity index (χ1v) is 10.9. The number of carbonyl (C=O) groups is 2. The molecule has 0 unspecified atom stereocenters. The molecule has 12 heteroatoms. The number of rotatable bonds is 5. The van der Waals surface area contributed by atoms with Crippen molar-refractivity contribution in [3.05, 3.63) is 41.4 Å². The molecule has 0 radical (unpaired) electrons. The van der Waals surface area contributed by atoms with Gasteiger partial charge in [-0.05, 0) is 37.6 Å². The number of hydrogen-bond acceptors (Lipinski definition) is 7. The summed E-state index contributed by atoms with van der Waals surface area (Å²) in [6, 6.07) is 4.20. The fraction of sp³-hybridized carbons (Fsp3) is 0.391. The maximum Gasteiger partial charge on any atom is 0.433 e. The van der Waals surface area contributed by atoms with E-state index in [1.54, 1.807) is 17.9 Å². The molecule has 1 fully saturated rings. The van der Waals surface area contributed by atoms with Gasteiger partial charge in [0.2, 0.25) is 11.8 Å². The largest absolute Gasteiger partial charge is 0.494 e. The first-order chi connectivity index (χ1) is 16.5. The molecule has 3 N–H and O–H groups in total. The minimum atomic E-state index is -4.64. The molecule has 1 aliphatic rings. The summed E-state index contributed by atoms with van der Waals surface area (Å²) < 4.78 is 50.7. The summed E-state index contributed by atoms with van der Waals surface area (Å²) in [5, 5.41) is 3.15. The summed E-state index contributed by atoms with van der Waals surface area (Å²) in [5.41, 5.74) is 5.22. The van der Waals surface area contributed by atoms with Crippen molar-refractivity contribution in [2.75, 3.05) is 20.2 Å². The van der Waals surface area contributed by atoms with Crippen molar-refractivity contribution in [1.29, 1.82) is 0 Å². The highest BCUT2D eigenvalue weighted by Crippen LogP contribution is 2.37. The average molecular weight is 491 g/mol. The number of carbonyl (C=O) groups excluding carboxylic acids is 2. The van der Waals surface area contributed by atoms with E-state index in [1.807, 2.05) is 0 Å². The molecule has 1 aromatic carbocycles. The lowest BCUT2D eigenvalue weighted by Gasteiger charge is -2.14. The van der Waals surface area contributed by atoms with E-state index in [4.69, 9.17) is 14.9 Å². The molecular formula is C23H24F3N5O4. The first kappa shape index (κ1) is 24.5. The molecule has 35 heavy (non-hydrogen) atoms. The Balaban J connectivity index is 1.73. The van der Waals surface area contributed by atoms with Crippen LogP contribution in [0, 0.1) is 0 Å². The number of benzene rings is 1. The van der Waals surface area contributed by atoms with E-state index < -0.39 is 23.8 Å². The number of amides is 2. The molecule has 3 heterocycles. The fourth-order valence-electron chi connectivity index (χ4n) is 4.04. The van der Waals surface area contributed by atoms with Gasteiger partial charge in [-0.2, -0.15) is 13.2 Å². The number of methoxy groups -OCH3 is 1. The van der Waals surface area contributed by atoms with Crippen molar-refractivity contribution >= 4 is 22.7 Å². The molecule has 2 amide bonds. The number of nitrogens with zero attached hydrogens (tertiary/aromatic N) is 3. The van der Waals surface area contributed by atoms with Gasteiger partial charge in [0.25, 0.3) is 5.91 Å². The van der Waals surface area contributed by atoms with E-state index in [9.17, 15) is 22.8 Å². The number of likely N-dealkylation sites (tertiary alicyclic amines) is 1. The van der Waals surface area contributed by atoms with Gasteiger partial charge in [-0.15, -0.1) is 0 Å². The number of oxazole rings is 1. The zero-order valence-corrected chi connectivity index (χ0v) is 19.3. The van der Waals surface area contributed by atoms with Crippen LogP contribution in [0.2, 0.25) is 0 Å². The quantitative estimate of drug-likeness (QED) is 0.561. The number of alkyl halides is 3. The van der Waals surface area contributed by atoms with Gasteiger partial charge in [-0.3, -0.25) is 9.59 Å². The van der Waals surface area contributed by atoms with Gasteiger partial charge in [0.15, 0.2) is 11.5 Å². The Labute approximate surface area is 198 Å².